The molecule has 28 heavy (non-hydrogen) atoms. The summed E-state index contributed by atoms with van der Waals surface area (Å²) < 4.78 is 10.8. The van der Waals surface area contributed by atoms with Crippen LogP contribution in [0.1, 0.15) is 22.8 Å². The van der Waals surface area contributed by atoms with Crippen molar-refractivity contribution in [3.05, 3.63) is 63.7 Å². The van der Waals surface area contributed by atoms with E-state index in [0.717, 1.165) is 23.7 Å². The molecule has 2 aromatic rings. The van der Waals surface area contributed by atoms with Crippen molar-refractivity contribution in [2.24, 2.45) is 0 Å². The number of rotatable bonds is 4. The Balaban J connectivity index is 1.41. The van der Waals surface area contributed by atoms with Crippen molar-refractivity contribution in [1.29, 1.82) is 0 Å². The normalized spacial score (nSPS) is 18.6. The van der Waals surface area contributed by atoms with Gasteiger partial charge >= 0.3 is 0 Å². The number of nitrogens with zero attached hydrogens (tertiary/aromatic N) is 2. The lowest BCUT2D eigenvalue weighted by Gasteiger charge is -2.20. The van der Waals surface area contributed by atoms with Crippen molar-refractivity contribution in [3.8, 4) is 11.5 Å². The van der Waals surface area contributed by atoms with Crippen molar-refractivity contribution in [1.82, 2.24) is 4.90 Å². The number of nitro groups is 1. The van der Waals surface area contributed by atoms with Gasteiger partial charge in [-0.15, -0.1) is 0 Å². The molecule has 0 N–H and O–H groups in total. The average molecular weight is 400 g/mol. The molecule has 1 saturated heterocycles. The van der Waals surface area contributed by atoms with Crippen LogP contribution >= 0.6 is 11.8 Å². The standard InChI is InChI=1S/C20H20N2O5S/c23-20(12-14-3-1-2-4-16(14)22(24)25)21-8-7-19(28-10-9-21)15-5-6-17-18(11-15)27-13-26-17/h1-6,11,19H,7-10,12-13H2. The molecule has 0 spiro atoms. The van der Waals surface area contributed by atoms with Crippen molar-refractivity contribution in [2.75, 3.05) is 25.6 Å². The maximum Gasteiger partial charge on any atom is 0.273 e. The number of nitro benzene ring substituents is 1. The molecule has 4 rings (SSSR count). The lowest BCUT2D eigenvalue weighted by Crippen LogP contribution is -2.34. The molecular formula is C20H20N2O5S. The zero-order chi connectivity index (χ0) is 19.5. The molecule has 2 aromatic carbocycles. The van der Waals surface area contributed by atoms with Crippen molar-refractivity contribution < 1.29 is 19.2 Å². The molecule has 2 heterocycles. The molecule has 1 unspecified atom stereocenters. The predicted molar refractivity (Wildman–Crippen MR) is 106 cm³/mol. The largest absolute Gasteiger partial charge is 0.454 e. The average Bonchev–Trinajstić information content (AvgIpc) is 3.02. The van der Waals surface area contributed by atoms with Crippen LogP contribution in [-0.2, 0) is 11.2 Å². The Morgan fingerprint density at radius 2 is 2.00 bits per heavy atom. The van der Waals surface area contributed by atoms with Crippen LogP contribution in [0.15, 0.2) is 42.5 Å². The Bertz CT molecular complexity index is 904. The SMILES string of the molecule is O=C(Cc1ccccc1[N+](=O)[O-])N1CCSC(c2ccc3c(c2)OCO3)CC1. The first-order valence-electron chi connectivity index (χ1n) is 9.13. The van der Waals surface area contributed by atoms with Gasteiger partial charge in [-0.25, -0.2) is 0 Å². The Morgan fingerprint density at radius 1 is 1.18 bits per heavy atom. The van der Waals surface area contributed by atoms with Crippen LogP contribution in [0, 0.1) is 10.1 Å². The summed E-state index contributed by atoms with van der Waals surface area (Å²) in [4.78, 5) is 25.3. The van der Waals surface area contributed by atoms with Gasteiger partial charge in [0.2, 0.25) is 12.7 Å². The van der Waals surface area contributed by atoms with Gasteiger partial charge in [-0.3, -0.25) is 14.9 Å². The number of thioether (sulfide) groups is 1. The summed E-state index contributed by atoms with van der Waals surface area (Å²) in [5, 5.41) is 11.4. The van der Waals surface area contributed by atoms with E-state index >= 15 is 0 Å². The third-order valence-electron chi connectivity index (χ3n) is 4.99. The highest BCUT2D eigenvalue weighted by Crippen LogP contribution is 2.40. The van der Waals surface area contributed by atoms with Crippen LogP contribution in [0.5, 0.6) is 11.5 Å². The van der Waals surface area contributed by atoms with Crippen LogP contribution in [-0.4, -0.2) is 41.4 Å². The second kappa shape index (κ2) is 8.10. The summed E-state index contributed by atoms with van der Waals surface area (Å²) in [6.07, 6.45) is 0.878. The molecule has 0 saturated carbocycles. The second-order valence-corrected chi connectivity index (χ2v) is 8.01. The molecule has 2 aliphatic heterocycles. The highest BCUT2D eigenvalue weighted by Gasteiger charge is 2.25. The molecule has 2 aliphatic rings. The number of hydrogen-bond donors (Lipinski definition) is 0. The molecule has 0 radical (unpaired) electrons. The second-order valence-electron chi connectivity index (χ2n) is 6.70. The number of hydrogen-bond acceptors (Lipinski definition) is 6. The molecule has 1 amide bonds. The molecule has 0 bridgehead atoms. The van der Waals surface area contributed by atoms with E-state index in [-0.39, 0.29) is 30.1 Å². The lowest BCUT2D eigenvalue weighted by molar-refractivity contribution is -0.385. The number of carbonyl (C=O) groups excluding carboxylic acids is 1. The highest BCUT2D eigenvalue weighted by molar-refractivity contribution is 7.99. The van der Waals surface area contributed by atoms with Gasteiger partial charge in [0.05, 0.1) is 11.3 Å². The Morgan fingerprint density at radius 3 is 2.86 bits per heavy atom. The third kappa shape index (κ3) is 3.91. The predicted octanol–water partition coefficient (Wildman–Crippen LogP) is 3.57. The smallest absolute Gasteiger partial charge is 0.273 e. The number of ether oxygens (including phenoxy) is 2. The maximum absolute atomic E-state index is 12.7. The van der Waals surface area contributed by atoms with Gasteiger partial charge in [0, 0.05) is 35.7 Å². The quantitative estimate of drug-likeness (QED) is 0.576. The summed E-state index contributed by atoms with van der Waals surface area (Å²) >= 11 is 1.82. The lowest BCUT2D eigenvalue weighted by atomic mass is 10.1. The number of amides is 1. The van der Waals surface area contributed by atoms with E-state index in [4.69, 9.17) is 9.47 Å². The van der Waals surface area contributed by atoms with Crippen molar-refractivity contribution in [3.63, 3.8) is 0 Å². The van der Waals surface area contributed by atoms with Crippen molar-refractivity contribution >= 4 is 23.4 Å². The summed E-state index contributed by atoms with van der Waals surface area (Å²) in [5.74, 6) is 2.29. The summed E-state index contributed by atoms with van der Waals surface area (Å²) in [7, 11) is 0. The van der Waals surface area contributed by atoms with Crippen LogP contribution in [0.2, 0.25) is 0 Å². The fraction of sp³-hybridized carbons (Fsp3) is 0.350. The van der Waals surface area contributed by atoms with Crippen molar-refractivity contribution in [2.45, 2.75) is 18.1 Å². The zero-order valence-corrected chi connectivity index (χ0v) is 16.0. The van der Waals surface area contributed by atoms with Crippen LogP contribution < -0.4 is 9.47 Å². The zero-order valence-electron chi connectivity index (χ0n) is 15.2. The van der Waals surface area contributed by atoms with E-state index in [1.807, 2.05) is 28.8 Å². The van der Waals surface area contributed by atoms with Gasteiger partial charge in [0.1, 0.15) is 0 Å². The Labute approximate surface area is 166 Å². The first-order chi connectivity index (χ1) is 13.6. The van der Waals surface area contributed by atoms with Gasteiger partial charge in [0.15, 0.2) is 11.5 Å². The minimum Gasteiger partial charge on any atom is -0.454 e. The first-order valence-corrected chi connectivity index (χ1v) is 10.2. The maximum atomic E-state index is 12.7. The van der Waals surface area contributed by atoms with Gasteiger partial charge in [-0.05, 0) is 24.1 Å². The fourth-order valence-electron chi connectivity index (χ4n) is 3.51. The topological polar surface area (TPSA) is 81.9 Å². The van der Waals surface area contributed by atoms with Crippen LogP contribution in [0.25, 0.3) is 0 Å². The molecule has 1 atom stereocenters. The van der Waals surface area contributed by atoms with E-state index in [1.165, 1.54) is 11.6 Å². The van der Waals surface area contributed by atoms with E-state index in [1.54, 1.807) is 18.2 Å². The molecule has 8 heteroatoms. The minimum atomic E-state index is -0.434. The van der Waals surface area contributed by atoms with Crippen LogP contribution in [0.3, 0.4) is 0 Å². The Hall–Kier alpha value is -2.74. The molecule has 1 fully saturated rings. The highest BCUT2D eigenvalue weighted by atomic mass is 32.2. The van der Waals surface area contributed by atoms with E-state index in [9.17, 15) is 14.9 Å². The molecule has 0 aromatic heterocycles. The molecule has 146 valence electrons. The fourth-order valence-corrected chi connectivity index (χ4v) is 4.73. The summed E-state index contributed by atoms with van der Waals surface area (Å²) in [5.41, 5.74) is 1.63. The molecule has 0 aliphatic carbocycles. The summed E-state index contributed by atoms with van der Waals surface area (Å²) in [6.45, 7) is 1.53. The van der Waals surface area contributed by atoms with Gasteiger partial charge in [0.25, 0.3) is 5.69 Å². The minimum absolute atomic E-state index is 0.00159. The van der Waals surface area contributed by atoms with E-state index in [2.05, 4.69) is 6.07 Å². The number of carbonyl (C=O) groups is 1. The van der Waals surface area contributed by atoms with E-state index < -0.39 is 4.92 Å². The van der Waals surface area contributed by atoms with Gasteiger partial charge < -0.3 is 14.4 Å². The van der Waals surface area contributed by atoms with Gasteiger partial charge in [-0.1, -0.05) is 24.3 Å². The molecule has 7 nitrogen and oxygen atoms in total. The number of benzene rings is 2. The monoisotopic (exact) mass is 400 g/mol. The number of para-hydroxylation sites is 1. The Kier molecular flexibility index (Phi) is 5.38. The molecular weight excluding hydrogens is 380 g/mol. The number of fused-ring (bicyclic) bond motifs is 1. The third-order valence-corrected chi connectivity index (χ3v) is 6.32. The van der Waals surface area contributed by atoms with Crippen LogP contribution in [0.4, 0.5) is 5.69 Å². The summed E-state index contributed by atoms with van der Waals surface area (Å²) in [6, 6.07) is 12.4. The van der Waals surface area contributed by atoms with Gasteiger partial charge in [-0.2, -0.15) is 11.8 Å². The first kappa shape index (κ1) is 18.6. The van der Waals surface area contributed by atoms with E-state index in [0.29, 0.717) is 18.7 Å².